The zero-order chi connectivity index (χ0) is 15.7. The summed E-state index contributed by atoms with van der Waals surface area (Å²) in [5.41, 5.74) is 2.33. The van der Waals surface area contributed by atoms with Crippen LogP contribution in [0.3, 0.4) is 0 Å². The van der Waals surface area contributed by atoms with E-state index in [1.807, 2.05) is 28.5 Å². The van der Waals surface area contributed by atoms with E-state index in [1.165, 1.54) is 0 Å². The molecule has 2 saturated heterocycles. The number of thiazole rings is 1. The molecule has 0 radical (unpaired) electrons. The smallest absolute Gasteiger partial charge is 0.228 e. The van der Waals surface area contributed by atoms with E-state index in [2.05, 4.69) is 17.1 Å². The molecule has 2 aliphatic heterocycles. The van der Waals surface area contributed by atoms with Crippen LogP contribution in [0.15, 0.2) is 35.7 Å². The zero-order valence-corrected chi connectivity index (χ0v) is 13.8. The van der Waals surface area contributed by atoms with Crippen molar-refractivity contribution >= 4 is 17.2 Å². The van der Waals surface area contributed by atoms with Crippen molar-refractivity contribution in [1.29, 1.82) is 0 Å². The van der Waals surface area contributed by atoms with Gasteiger partial charge in [0.1, 0.15) is 5.01 Å². The monoisotopic (exact) mass is 328 g/mol. The number of hydrogen-bond acceptors (Lipinski definition) is 4. The van der Waals surface area contributed by atoms with E-state index >= 15 is 0 Å². The Morgan fingerprint density at radius 1 is 1.22 bits per heavy atom. The van der Waals surface area contributed by atoms with E-state index < -0.39 is 0 Å². The van der Waals surface area contributed by atoms with Gasteiger partial charge >= 0.3 is 0 Å². The molecule has 1 aromatic heterocycles. The van der Waals surface area contributed by atoms with Crippen LogP contribution in [0.2, 0.25) is 0 Å². The van der Waals surface area contributed by atoms with E-state index in [9.17, 15) is 4.79 Å². The summed E-state index contributed by atoms with van der Waals surface area (Å²) in [5.74, 6) is 0.201. The van der Waals surface area contributed by atoms with Gasteiger partial charge in [-0.05, 0) is 12.8 Å². The number of carbonyl (C=O) groups excluding carboxylic acids is 1. The van der Waals surface area contributed by atoms with Crippen molar-refractivity contribution in [2.24, 2.45) is 5.41 Å². The number of carbonyl (C=O) groups is 1. The summed E-state index contributed by atoms with van der Waals surface area (Å²) in [4.78, 5) is 19.0. The summed E-state index contributed by atoms with van der Waals surface area (Å²) in [5, 5.41) is 2.99. The Morgan fingerprint density at radius 3 is 2.70 bits per heavy atom. The third-order valence-corrected chi connectivity index (χ3v) is 5.80. The Morgan fingerprint density at radius 2 is 1.96 bits per heavy atom. The van der Waals surface area contributed by atoms with Crippen LogP contribution in [0, 0.1) is 5.41 Å². The van der Waals surface area contributed by atoms with Crippen LogP contribution < -0.4 is 0 Å². The second-order valence-electron chi connectivity index (χ2n) is 6.55. The lowest BCUT2D eigenvalue weighted by Gasteiger charge is -2.52. The van der Waals surface area contributed by atoms with E-state index in [0.29, 0.717) is 11.8 Å². The first-order chi connectivity index (χ1) is 11.2. The summed E-state index contributed by atoms with van der Waals surface area (Å²) in [6.45, 7) is 3.47. The van der Waals surface area contributed by atoms with E-state index in [0.717, 1.165) is 55.4 Å². The lowest BCUT2D eigenvalue weighted by atomic mass is 9.73. The van der Waals surface area contributed by atoms with E-state index in [1.54, 1.807) is 11.3 Å². The topological polar surface area (TPSA) is 42.4 Å². The van der Waals surface area contributed by atoms with Crippen molar-refractivity contribution < 1.29 is 9.53 Å². The molecule has 1 spiro atoms. The largest absolute Gasteiger partial charge is 0.381 e. The van der Waals surface area contributed by atoms with Crippen molar-refractivity contribution in [3.8, 4) is 10.6 Å². The lowest BCUT2D eigenvalue weighted by Crippen LogP contribution is -2.60. The van der Waals surface area contributed by atoms with Crippen LogP contribution in [0.4, 0.5) is 0 Å². The molecule has 0 aliphatic carbocycles. The molecule has 4 rings (SSSR count). The van der Waals surface area contributed by atoms with Gasteiger partial charge in [-0.1, -0.05) is 30.3 Å². The predicted molar refractivity (Wildman–Crippen MR) is 90.3 cm³/mol. The van der Waals surface area contributed by atoms with Crippen molar-refractivity contribution in [2.45, 2.75) is 19.3 Å². The number of likely N-dealkylation sites (tertiary alicyclic amines) is 1. The highest BCUT2D eigenvalue weighted by Gasteiger charge is 2.45. The molecule has 2 aromatic rings. The van der Waals surface area contributed by atoms with Gasteiger partial charge in [0, 0.05) is 42.7 Å². The number of amides is 1. The Hall–Kier alpha value is -1.72. The van der Waals surface area contributed by atoms with Gasteiger partial charge in [0.2, 0.25) is 5.91 Å². The molecule has 5 heteroatoms. The summed E-state index contributed by atoms with van der Waals surface area (Å²) in [6, 6.07) is 10.1. The quantitative estimate of drug-likeness (QED) is 0.870. The third-order valence-electron chi connectivity index (χ3n) is 4.86. The minimum atomic E-state index is 0.201. The van der Waals surface area contributed by atoms with Crippen molar-refractivity contribution in [2.75, 3.05) is 26.3 Å². The van der Waals surface area contributed by atoms with E-state index in [-0.39, 0.29) is 5.91 Å². The van der Waals surface area contributed by atoms with Gasteiger partial charge in [-0.15, -0.1) is 11.3 Å². The highest BCUT2D eigenvalue weighted by atomic mass is 32.1. The molecule has 0 N–H and O–H groups in total. The number of ether oxygens (including phenoxy) is 1. The standard InChI is InChI=1S/C18H20N2O2S/c21-16(20-12-18(13-20)6-8-22-9-7-18)10-15-11-23-17(19-15)14-4-2-1-3-5-14/h1-5,11H,6-10,12-13H2. The lowest BCUT2D eigenvalue weighted by molar-refractivity contribution is -0.149. The maximum Gasteiger partial charge on any atom is 0.228 e. The second kappa shape index (κ2) is 6.06. The third kappa shape index (κ3) is 3.03. The molecule has 0 bridgehead atoms. The first-order valence-corrected chi connectivity index (χ1v) is 8.97. The molecule has 2 fully saturated rings. The Bertz CT molecular complexity index is 684. The van der Waals surface area contributed by atoms with Crippen molar-refractivity contribution in [1.82, 2.24) is 9.88 Å². The highest BCUT2D eigenvalue weighted by molar-refractivity contribution is 7.13. The zero-order valence-electron chi connectivity index (χ0n) is 13.0. The normalized spacial score (nSPS) is 19.6. The molecular weight excluding hydrogens is 308 g/mol. The van der Waals surface area contributed by atoms with Gasteiger partial charge in [0.25, 0.3) is 0 Å². The minimum Gasteiger partial charge on any atom is -0.381 e. The second-order valence-corrected chi connectivity index (χ2v) is 7.41. The van der Waals surface area contributed by atoms with Crippen LogP contribution in [0.25, 0.3) is 10.6 Å². The fraction of sp³-hybridized carbons (Fsp3) is 0.444. The number of nitrogens with zero attached hydrogens (tertiary/aromatic N) is 2. The van der Waals surface area contributed by atoms with Crippen LogP contribution in [0.1, 0.15) is 18.5 Å². The van der Waals surface area contributed by atoms with Crippen LogP contribution >= 0.6 is 11.3 Å². The average molecular weight is 328 g/mol. The fourth-order valence-electron chi connectivity index (χ4n) is 3.43. The van der Waals surface area contributed by atoms with Crippen molar-refractivity contribution in [3.05, 3.63) is 41.4 Å². The number of rotatable bonds is 3. The van der Waals surface area contributed by atoms with Gasteiger partial charge in [-0.25, -0.2) is 4.98 Å². The molecule has 1 amide bonds. The van der Waals surface area contributed by atoms with Crippen LogP contribution in [0.5, 0.6) is 0 Å². The maximum atomic E-state index is 12.4. The van der Waals surface area contributed by atoms with Gasteiger partial charge in [-0.3, -0.25) is 4.79 Å². The Balaban J connectivity index is 1.36. The molecule has 1 aromatic carbocycles. The molecule has 3 heterocycles. The Kier molecular flexibility index (Phi) is 3.91. The molecule has 0 unspecified atom stereocenters. The maximum absolute atomic E-state index is 12.4. The first kappa shape index (κ1) is 14.8. The molecule has 0 atom stereocenters. The molecule has 4 nitrogen and oxygen atoms in total. The molecule has 23 heavy (non-hydrogen) atoms. The van der Waals surface area contributed by atoms with Crippen LogP contribution in [-0.4, -0.2) is 42.1 Å². The van der Waals surface area contributed by atoms with E-state index in [4.69, 9.17) is 4.74 Å². The highest BCUT2D eigenvalue weighted by Crippen LogP contribution is 2.40. The molecule has 120 valence electrons. The molecule has 2 aliphatic rings. The fourth-order valence-corrected chi connectivity index (χ4v) is 4.25. The average Bonchev–Trinajstić information content (AvgIpc) is 3.02. The van der Waals surface area contributed by atoms with Gasteiger partial charge in [0.15, 0.2) is 0 Å². The summed E-state index contributed by atoms with van der Waals surface area (Å²) < 4.78 is 5.42. The van der Waals surface area contributed by atoms with Crippen molar-refractivity contribution in [3.63, 3.8) is 0 Å². The first-order valence-electron chi connectivity index (χ1n) is 8.10. The van der Waals surface area contributed by atoms with Gasteiger partial charge < -0.3 is 9.64 Å². The predicted octanol–water partition coefficient (Wildman–Crippen LogP) is 2.99. The number of benzene rings is 1. The van der Waals surface area contributed by atoms with Gasteiger partial charge in [0.05, 0.1) is 12.1 Å². The Labute approximate surface area is 140 Å². The number of hydrogen-bond donors (Lipinski definition) is 0. The number of aromatic nitrogens is 1. The SMILES string of the molecule is O=C(Cc1csc(-c2ccccc2)n1)N1CC2(CCOCC2)C1. The molecule has 0 saturated carbocycles. The van der Waals surface area contributed by atoms with Crippen LogP contribution in [-0.2, 0) is 16.0 Å². The summed E-state index contributed by atoms with van der Waals surface area (Å²) in [7, 11) is 0. The minimum absolute atomic E-state index is 0.201. The molecular formula is C18H20N2O2S. The summed E-state index contributed by atoms with van der Waals surface area (Å²) in [6.07, 6.45) is 2.59. The summed E-state index contributed by atoms with van der Waals surface area (Å²) >= 11 is 1.61. The van der Waals surface area contributed by atoms with Gasteiger partial charge in [-0.2, -0.15) is 0 Å².